The van der Waals surface area contributed by atoms with E-state index in [0.29, 0.717) is 0 Å². The monoisotopic (exact) mass is 198 g/mol. The van der Waals surface area contributed by atoms with Crippen LogP contribution in [0, 0.1) is 0 Å². The van der Waals surface area contributed by atoms with Crippen LogP contribution in [-0.4, -0.2) is 50.3 Å². The third-order valence-electron chi connectivity index (χ3n) is 1.55. The molecule has 3 nitrogen and oxygen atoms in total. The summed E-state index contributed by atoms with van der Waals surface area (Å²) in [6.07, 6.45) is 1.09. The first kappa shape index (κ1) is 13.3. The molecule has 0 atom stereocenters. The molecule has 0 aromatic rings. The van der Waals surface area contributed by atoms with Gasteiger partial charge in [-0.3, -0.25) is 0 Å². The van der Waals surface area contributed by atoms with Crippen LogP contribution in [0.15, 0.2) is 9.98 Å². The van der Waals surface area contributed by atoms with Crippen LogP contribution >= 0.6 is 0 Å². The predicted molar refractivity (Wildman–Crippen MR) is 62.0 cm³/mol. The lowest BCUT2D eigenvalue weighted by atomic mass is 10.1. The molecule has 0 N–H and O–H groups in total. The van der Waals surface area contributed by atoms with Gasteiger partial charge in [-0.15, -0.1) is 0 Å². The SMILES string of the molecule is CC(C)(C)N=C=NCCC[N+](C)(C)C. The maximum absolute atomic E-state index is 4.17. The fourth-order valence-corrected chi connectivity index (χ4v) is 0.859. The van der Waals surface area contributed by atoms with Gasteiger partial charge in [0.25, 0.3) is 0 Å². The molecule has 0 aliphatic rings. The van der Waals surface area contributed by atoms with Gasteiger partial charge in [0.2, 0.25) is 0 Å². The van der Waals surface area contributed by atoms with Gasteiger partial charge in [-0.25, -0.2) is 9.98 Å². The number of nitrogens with zero attached hydrogens (tertiary/aromatic N) is 3. The quantitative estimate of drug-likeness (QED) is 0.375. The van der Waals surface area contributed by atoms with E-state index in [-0.39, 0.29) is 5.54 Å². The van der Waals surface area contributed by atoms with Crippen LogP contribution in [0.3, 0.4) is 0 Å². The molecule has 0 bridgehead atoms. The molecular formula is C11H24N3+. The number of rotatable bonds is 4. The lowest BCUT2D eigenvalue weighted by Crippen LogP contribution is -2.35. The zero-order valence-corrected chi connectivity index (χ0v) is 10.5. The number of quaternary nitrogens is 1. The van der Waals surface area contributed by atoms with Crippen LogP contribution in [0.1, 0.15) is 27.2 Å². The highest BCUT2D eigenvalue weighted by atomic mass is 15.3. The summed E-state index contributed by atoms with van der Waals surface area (Å²) in [6, 6.07) is 2.75. The molecule has 3 heteroatoms. The van der Waals surface area contributed by atoms with E-state index in [4.69, 9.17) is 0 Å². The third-order valence-corrected chi connectivity index (χ3v) is 1.55. The predicted octanol–water partition coefficient (Wildman–Crippen LogP) is 2.06. The van der Waals surface area contributed by atoms with Crippen LogP contribution < -0.4 is 0 Å². The largest absolute Gasteiger partial charge is 0.331 e. The lowest BCUT2D eigenvalue weighted by molar-refractivity contribution is -0.870. The molecule has 0 heterocycles. The number of aliphatic imine (C=N–C) groups is 2. The van der Waals surface area contributed by atoms with Gasteiger partial charge in [0.15, 0.2) is 0 Å². The Kier molecular flexibility index (Phi) is 5.03. The zero-order chi connectivity index (χ0) is 11.2. The van der Waals surface area contributed by atoms with Crippen LogP contribution in [0.4, 0.5) is 0 Å². The summed E-state index contributed by atoms with van der Waals surface area (Å²) in [6.45, 7) is 8.10. The second kappa shape index (κ2) is 5.28. The summed E-state index contributed by atoms with van der Waals surface area (Å²) in [5.41, 5.74) is -0.0520. The molecule has 0 aromatic heterocycles. The Hall–Kier alpha value is -0.660. The van der Waals surface area contributed by atoms with Crippen LogP contribution in [0.5, 0.6) is 0 Å². The van der Waals surface area contributed by atoms with Crippen molar-refractivity contribution in [3.05, 3.63) is 0 Å². The van der Waals surface area contributed by atoms with E-state index < -0.39 is 0 Å². The molecule has 0 unspecified atom stereocenters. The smallest absolute Gasteiger partial charge is 0.0898 e. The van der Waals surface area contributed by atoms with Gasteiger partial charge >= 0.3 is 0 Å². The van der Waals surface area contributed by atoms with Crippen molar-refractivity contribution in [3.63, 3.8) is 0 Å². The molecule has 82 valence electrons. The Labute approximate surface area is 88.1 Å². The Bertz CT molecular complexity index is 212. The average Bonchev–Trinajstić information content (AvgIpc) is 1.92. The fraction of sp³-hybridized carbons (Fsp3) is 0.909. The zero-order valence-electron chi connectivity index (χ0n) is 10.5. The van der Waals surface area contributed by atoms with Crippen molar-refractivity contribution in [3.8, 4) is 0 Å². The summed E-state index contributed by atoms with van der Waals surface area (Å²) in [5.74, 6) is 0. The molecule has 0 radical (unpaired) electrons. The third kappa shape index (κ3) is 11.3. The van der Waals surface area contributed by atoms with Crippen molar-refractivity contribution in [2.45, 2.75) is 32.7 Å². The molecule has 0 aromatic carbocycles. The van der Waals surface area contributed by atoms with Crippen molar-refractivity contribution in [2.75, 3.05) is 34.2 Å². The molecule has 0 amide bonds. The van der Waals surface area contributed by atoms with Gasteiger partial charge in [0, 0.05) is 6.42 Å². The first-order chi connectivity index (χ1) is 6.21. The maximum Gasteiger partial charge on any atom is 0.0898 e. The minimum Gasteiger partial charge on any atom is -0.331 e. The maximum atomic E-state index is 4.17. The Morgan fingerprint density at radius 2 is 1.71 bits per heavy atom. The van der Waals surface area contributed by atoms with Gasteiger partial charge in [-0.2, -0.15) is 0 Å². The molecule has 14 heavy (non-hydrogen) atoms. The van der Waals surface area contributed by atoms with E-state index in [1.165, 1.54) is 0 Å². The van der Waals surface area contributed by atoms with E-state index in [1.807, 2.05) is 20.8 Å². The molecule has 0 aliphatic carbocycles. The van der Waals surface area contributed by atoms with E-state index in [0.717, 1.165) is 24.0 Å². The van der Waals surface area contributed by atoms with Crippen LogP contribution in [0.2, 0.25) is 0 Å². The molecule has 0 saturated carbocycles. The highest BCUT2D eigenvalue weighted by molar-refractivity contribution is 5.42. The van der Waals surface area contributed by atoms with E-state index in [2.05, 4.69) is 37.1 Å². The van der Waals surface area contributed by atoms with E-state index in [1.54, 1.807) is 0 Å². The summed E-state index contributed by atoms with van der Waals surface area (Å²) in [4.78, 5) is 8.30. The van der Waals surface area contributed by atoms with Gasteiger partial charge in [0.1, 0.15) is 0 Å². The van der Waals surface area contributed by atoms with Crippen LogP contribution in [0.25, 0.3) is 0 Å². The molecule has 0 aliphatic heterocycles. The van der Waals surface area contributed by atoms with Crippen LogP contribution in [-0.2, 0) is 0 Å². The van der Waals surface area contributed by atoms with Gasteiger partial charge < -0.3 is 4.48 Å². The first-order valence-corrected chi connectivity index (χ1v) is 5.14. The summed E-state index contributed by atoms with van der Waals surface area (Å²) < 4.78 is 0.992. The Balaban J connectivity index is 3.70. The van der Waals surface area contributed by atoms with Crippen molar-refractivity contribution in [2.24, 2.45) is 9.98 Å². The second-order valence-electron chi connectivity index (χ2n) is 5.63. The van der Waals surface area contributed by atoms with E-state index in [9.17, 15) is 0 Å². The summed E-state index contributed by atoms with van der Waals surface area (Å²) >= 11 is 0. The van der Waals surface area contributed by atoms with Crippen molar-refractivity contribution in [1.82, 2.24) is 0 Å². The first-order valence-electron chi connectivity index (χ1n) is 5.14. The Morgan fingerprint density at radius 3 is 2.14 bits per heavy atom. The highest BCUT2D eigenvalue weighted by Crippen LogP contribution is 2.03. The topological polar surface area (TPSA) is 24.7 Å². The van der Waals surface area contributed by atoms with Gasteiger partial charge in [0.05, 0.1) is 45.8 Å². The lowest BCUT2D eigenvalue weighted by Gasteiger charge is -2.22. The summed E-state index contributed by atoms with van der Waals surface area (Å²) in [5, 5.41) is 0. The normalized spacial score (nSPS) is 12.1. The number of hydrogen-bond acceptors (Lipinski definition) is 2. The molecule has 0 spiro atoms. The van der Waals surface area contributed by atoms with Crippen molar-refractivity contribution < 1.29 is 4.48 Å². The highest BCUT2D eigenvalue weighted by Gasteiger charge is 2.05. The summed E-state index contributed by atoms with van der Waals surface area (Å²) in [7, 11) is 6.56. The van der Waals surface area contributed by atoms with Gasteiger partial charge in [-0.1, -0.05) is 0 Å². The second-order valence-corrected chi connectivity index (χ2v) is 5.63. The number of hydrogen-bond donors (Lipinski definition) is 0. The molecule has 0 fully saturated rings. The van der Waals surface area contributed by atoms with Crippen molar-refractivity contribution >= 4 is 6.01 Å². The average molecular weight is 198 g/mol. The standard InChI is InChI=1S/C11H24N3/c1-11(2,3)13-10-12-8-7-9-14(4,5)6/h7-9H2,1-6H3/q+1. The van der Waals surface area contributed by atoms with E-state index >= 15 is 0 Å². The molecule has 0 rings (SSSR count). The Morgan fingerprint density at radius 1 is 1.14 bits per heavy atom. The fourth-order valence-electron chi connectivity index (χ4n) is 0.859. The van der Waals surface area contributed by atoms with Gasteiger partial charge in [-0.05, 0) is 20.8 Å². The molecule has 0 saturated heterocycles. The minimum atomic E-state index is -0.0520. The molecular weight excluding hydrogens is 174 g/mol. The minimum absolute atomic E-state index is 0.0520. The van der Waals surface area contributed by atoms with Crippen molar-refractivity contribution in [1.29, 1.82) is 0 Å².